The molecule has 2 N–H and O–H groups in total. The molecule has 4 rings (SSSR count). The molecule has 4 fully saturated rings. The maximum atomic E-state index is 14.0. The quantitative estimate of drug-likeness (QED) is 0.0733. The molecule has 0 aromatic rings. The van der Waals surface area contributed by atoms with E-state index in [4.69, 9.17) is 18.9 Å². The molecule has 0 aromatic heterocycles. The second-order valence-electron chi connectivity index (χ2n) is 26.5. The maximum Gasteiger partial charge on any atom is 0.324 e. The van der Waals surface area contributed by atoms with Crippen LogP contribution in [0.1, 0.15) is 201 Å². The zero-order valence-corrected chi connectivity index (χ0v) is 46.8. The molecule has 0 radical (unpaired) electrons. The molecule has 2 unspecified atom stereocenters. The molecule has 0 aliphatic carbocycles. The SMILES string of the molecule is CN1C(C)(C)CC(OC(=O)CC(NCCCCCCNC(CC(=O)OC2CC(C)(C)N(C)C(C)(C)C2)C(=O)OC2CC(C)(C)N(C)C(C)(C)C2)C(=O)OC2CC(C)(C)N(C)C(C)(C)C2)CC1(C)C. The number of likely N-dealkylation sites (tertiary alicyclic amines) is 4. The van der Waals surface area contributed by atoms with Gasteiger partial charge in [-0.25, -0.2) is 0 Å². The number of nitrogens with zero attached hydrogens (tertiary/aromatic N) is 4. The van der Waals surface area contributed by atoms with Crippen LogP contribution >= 0.6 is 0 Å². The second kappa shape index (κ2) is 21.8. The molecule has 0 aromatic carbocycles. The topological polar surface area (TPSA) is 142 Å². The Balaban J connectivity index is 1.35. The minimum Gasteiger partial charge on any atom is -0.462 e. The van der Waals surface area contributed by atoms with Crippen LogP contribution in [-0.4, -0.2) is 166 Å². The van der Waals surface area contributed by atoms with Gasteiger partial charge in [0.15, 0.2) is 0 Å². The standard InChI is InChI=1S/C54H100N6O8/c1-47(2)29-37(30-48(3,4)57(47)17)65-43(61)27-41(45(63)67-39-33-51(9,10)59(19)52(11,12)34-39)55-25-23-21-22-24-26-56-42(46(64)68-40-35-53(13,14)60(20)54(15,16)36-40)28-44(62)66-38-31-49(5,6)58(18)50(7,8)32-38/h37-42,55-56H,21-36H2,1-20H3. The zero-order valence-electron chi connectivity index (χ0n) is 46.8. The highest BCUT2D eigenvalue weighted by Gasteiger charge is 2.49. The van der Waals surface area contributed by atoms with Crippen molar-refractivity contribution in [2.75, 3.05) is 41.3 Å². The number of carbonyl (C=O) groups is 4. The van der Waals surface area contributed by atoms with Gasteiger partial charge in [-0.3, -0.25) is 38.8 Å². The highest BCUT2D eigenvalue weighted by atomic mass is 16.6. The van der Waals surface area contributed by atoms with E-state index in [2.05, 4.69) is 169 Å². The van der Waals surface area contributed by atoms with E-state index in [-0.39, 0.29) is 81.6 Å². The highest BCUT2D eigenvalue weighted by molar-refractivity contribution is 5.83. The van der Waals surface area contributed by atoms with Gasteiger partial charge in [0.05, 0.1) is 12.8 Å². The molecule has 4 aliphatic rings. The largest absolute Gasteiger partial charge is 0.462 e. The number of nitrogens with one attached hydrogen (secondary N) is 2. The Morgan fingerprint density at radius 1 is 0.382 bits per heavy atom. The molecule has 0 spiro atoms. The number of hydrogen-bond acceptors (Lipinski definition) is 14. The Morgan fingerprint density at radius 3 is 0.809 bits per heavy atom. The number of hydrogen-bond donors (Lipinski definition) is 2. The van der Waals surface area contributed by atoms with Crippen LogP contribution in [0, 0.1) is 0 Å². The summed E-state index contributed by atoms with van der Waals surface area (Å²) < 4.78 is 24.7. The average Bonchev–Trinajstić information content (AvgIpc) is 3.16. The average molecular weight is 961 g/mol. The van der Waals surface area contributed by atoms with Crippen molar-refractivity contribution in [2.24, 2.45) is 0 Å². The highest BCUT2D eigenvalue weighted by Crippen LogP contribution is 2.42. The van der Waals surface area contributed by atoms with Crippen LogP contribution < -0.4 is 10.6 Å². The van der Waals surface area contributed by atoms with E-state index in [0.717, 1.165) is 25.7 Å². The van der Waals surface area contributed by atoms with E-state index in [1.807, 2.05) is 0 Å². The normalized spacial score (nSPS) is 26.4. The summed E-state index contributed by atoms with van der Waals surface area (Å²) in [6.45, 7) is 35.9. The number of unbranched alkanes of at least 4 members (excludes halogenated alkanes) is 3. The lowest BCUT2D eigenvalue weighted by Gasteiger charge is -2.53. The van der Waals surface area contributed by atoms with Crippen LogP contribution in [0.4, 0.5) is 0 Å². The van der Waals surface area contributed by atoms with Gasteiger partial charge < -0.3 is 29.6 Å². The minimum atomic E-state index is -0.832. The molecule has 394 valence electrons. The van der Waals surface area contributed by atoms with Crippen molar-refractivity contribution < 1.29 is 38.1 Å². The Bertz CT molecular complexity index is 1540. The number of ether oxygens (including phenoxy) is 4. The summed E-state index contributed by atoms with van der Waals surface area (Å²) in [6, 6.07) is -1.66. The van der Waals surface area contributed by atoms with Crippen LogP contribution in [-0.2, 0) is 38.1 Å². The van der Waals surface area contributed by atoms with E-state index in [0.29, 0.717) is 64.5 Å². The number of rotatable bonds is 19. The fourth-order valence-electron chi connectivity index (χ4n) is 12.4. The fraction of sp³-hybridized carbons (Fsp3) is 0.926. The van der Waals surface area contributed by atoms with Gasteiger partial charge in [0.2, 0.25) is 0 Å². The van der Waals surface area contributed by atoms with Crippen molar-refractivity contribution in [3.8, 4) is 0 Å². The van der Waals surface area contributed by atoms with E-state index >= 15 is 0 Å². The molecule has 0 amide bonds. The summed E-state index contributed by atoms with van der Waals surface area (Å²) in [7, 11) is 8.50. The number of esters is 4. The molecule has 2 atom stereocenters. The summed E-state index contributed by atoms with van der Waals surface area (Å²) >= 11 is 0. The maximum absolute atomic E-state index is 14.0. The first-order valence-electron chi connectivity index (χ1n) is 26.1. The first-order chi connectivity index (χ1) is 30.9. The minimum absolute atomic E-state index is 0.102. The summed E-state index contributed by atoms with van der Waals surface area (Å²) in [5.74, 6) is -1.61. The van der Waals surface area contributed by atoms with Gasteiger partial charge in [0.1, 0.15) is 36.5 Å². The lowest BCUT2D eigenvalue weighted by Crippen LogP contribution is -2.61. The molecule has 14 nitrogen and oxygen atoms in total. The molecule has 68 heavy (non-hydrogen) atoms. The third-order valence-electron chi connectivity index (χ3n) is 17.4. The van der Waals surface area contributed by atoms with Gasteiger partial charge in [-0.15, -0.1) is 0 Å². The third kappa shape index (κ3) is 15.1. The van der Waals surface area contributed by atoms with Gasteiger partial charge in [-0.2, -0.15) is 0 Å². The van der Waals surface area contributed by atoms with Crippen molar-refractivity contribution in [3.05, 3.63) is 0 Å². The second-order valence-corrected chi connectivity index (χ2v) is 26.5. The first kappa shape index (κ1) is 58.2. The molecular weight excluding hydrogens is 861 g/mol. The summed E-state index contributed by atoms with van der Waals surface area (Å²) in [5.41, 5.74) is -1.24. The molecule has 0 saturated carbocycles. The van der Waals surface area contributed by atoms with Crippen molar-refractivity contribution in [3.63, 3.8) is 0 Å². The summed E-state index contributed by atoms with van der Waals surface area (Å²) in [5, 5.41) is 6.77. The van der Waals surface area contributed by atoms with Crippen molar-refractivity contribution in [1.82, 2.24) is 30.2 Å². The lowest BCUT2D eigenvalue weighted by molar-refractivity contribution is -0.168. The van der Waals surface area contributed by atoms with Crippen molar-refractivity contribution in [2.45, 2.75) is 281 Å². The Kier molecular flexibility index (Phi) is 18.6. The lowest BCUT2D eigenvalue weighted by atomic mass is 9.78. The molecule has 4 heterocycles. The van der Waals surface area contributed by atoms with Crippen LogP contribution in [0.2, 0.25) is 0 Å². The van der Waals surface area contributed by atoms with E-state index < -0.39 is 36.0 Å². The predicted octanol–water partition coefficient (Wildman–Crippen LogP) is 8.02. The zero-order chi connectivity index (χ0) is 51.6. The van der Waals surface area contributed by atoms with Gasteiger partial charge >= 0.3 is 23.9 Å². The van der Waals surface area contributed by atoms with Gasteiger partial charge in [0, 0.05) is 95.7 Å². The van der Waals surface area contributed by atoms with Crippen molar-refractivity contribution >= 4 is 23.9 Å². The van der Waals surface area contributed by atoms with E-state index in [1.54, 1.807) is 0 Å². The Hall–Kier alpha value is -2.36. The van der Waals surface area contributed by atoms with E-state index in [1.165, 1.54) is 0 Å². The number of carbonyl (C=O) groups excluding carboxylic acids is 4. The van der Waals surface area contributed by atoms with Crippen molar-refractivity contribution in [1.29, 1.82) is 0 Å². The van der Waals surface area contributed by atoms with Gasteiger partial charge in [0.25, 0.3) is 0 Å². The number of piperidine rings is 4. The van der Waals surface area contributed by atoms with Crippen LogP contribution in [0.25, 0.3) is 0 Å². The smallest absolute Gasteiger partial charge is 0.324 e. The van der Waals surface area contributed by atoms with Gasteiger partial charge in [-0.1, -0.05) is 12.8 Å². The van der Waals surface area contributed by atoms with Crippen LogP contribution in [0.15, 0.2) is 0 Å². The summed E-state index contributed by atoms with van der Waals surface area (Å²) in [4.78, 5) is 64.6. The monoisotopic (exact) mass is 961 g/mol. The first-order valence-corrected chi connectivity index (χ1v) is 26.1. The van der Waals surface area contributed by atoms with Crippen LogP contribution in [0.5, 0.6) is 0 Å². The molecule has 0 bridgehead atoms. The fourth-order valence-corrected chi connectivity index (χ4v) is 12.4. The Morgan fingerprint density at radius 2 is 0.588 bits per heavy atom. The third-order valence-corrected chi connectivity index (χ3v) is 17.4. The molecular formula is C54H100N6O8. The van der Waals surface area contributed by atoms with E-state index in [9.17, 15) is 19.2 Å². The predicted molar refractivity (Wildman–Crippen MR) is 271 cm³/mol. The van der Waals surface area contributed by atoms with Gasteiger partial charge in [-0.05, 0) is 165 Å². The molecule has 4 saturated heterocycles. The summed E-state index contributed by atoms with van der Waals surface area (Å²) in [6.07, 6.45) is 7.68. The van der Waals surface area contributed by atoms with Crippen LogP contribution in [0.3, 0.4) is 0 Å². The molecule has 14 heteroatoms. The molecule has 4 aliphatic heterocycles. The Labute approximate surface area is 413 Å².